The molecule has 8 nitrogen and oxygen atoms in total. The van der Waals surface area contributed by atoms with Crippen molar-refractivity contribution >= 4 is 77.9 Å². The van der Waals surface area contributed by atoms with Crippen LogP contribution >= 0.6 is 55.1 Å². The Hall–Kier alpha value is -2.79. The molecule has 0 atom stereocenters. The Bertz CT molecular complexity index is 1630. The lowest BCUT2D eigenvalue weighted by Gasteiger charge is -2.12. The molecule has 0 aliphatic heterocycles. The predicted molar refractivity (Wildman–Crippen MR) is 157 cm³/mol. The van der Waals surface area contributed by atoms with E-state index in [4.69, 9.17) is 27.9 Å². The number of hydrogen-bond acceptors (Lipinski definition) is 6. The SMILES string of the molecule is CCCCc1nc2ccc(Br)cc2c(=O)n1N=Cc1cc(Br)cc([N+](=O)[O-])c1OCc1ccc(Cl)cc1Cl. The van der Waals surface area contributed by atoms with Gasteiger partial charge in [-0.05, 0) is 42.8 Å². The number of rotatable bonds is 9. The van der Waals surface area contributed by atoms with Gasteiger partial charge in [0.05, 0.1) is 22.0 Å². The van der Waals surface area contributed by atoms with E-state index in [9.17, 15) is 14.9 Å². The molecule has 0 aliphatic rings. The van der Waals surface area contributed by atoms with E-state index in [-0.39, 0.29) is 23.6 Å². The van der Waals surface area contributed by atoms with Crippen LogP contribution in [0.2, 0.25) is 10.0 Å². The summed E-state index contributed by atoms with van der Waals surface area (Å²) in [5.41, 5.74) is 0.832. The van der Waals surface area contributed by atoms with Gasteiger partial charge in [-0.3, -0.25) is 14.9 Å². The lowest BCUT2D eigenvalue weighted by atomic mass is 10.2. The Morgan fingerprint density at radius 3 is 2.63 bits per heavy atom. The monoisotopic (exact) mass is 680 g/mol. The molecule has 12 heteroatoms. The maximum atomic E-state index is 13.4. The summed E-state index contributed by atoms with van der Waals surface area (Å²) in [6.45, 7) is 1.99. The molecule has 3 aromatic carbocycles. The van der Waals surface area contributed by atoms with Gasteiger partial charge in [-0.25, -0.2) is 4.98 Å². The minimum atomic E-state index is -0.547. The average molecular weight is 683 g/mol. The Morgan fingerprint density at radius 2 is 1.92 bits per heavy atom. The van der Waals surface area contributed by atoms with Gasteiger partial charge in [-0.15, -0.1) is 0 Å². The Morgan fingerprint density at radius 1 is 1.13 bits per heavy atom. The maximum Gasteiger partial charge on any atom is 0.312 e. The highest BCUT2D eigenvalue weighted by Crippen LogP contribution is 2.35. The summed E-state index contributed by atoms with van der Waals surface area (Å²) in [7, 11) is 0. The summed E-state index contributed by atoms with van der Waals surface area (Å²) < 4.78 is 8.32. The maximum absolute atomic E-state index is 13.4. The van der Waals surface area contributed by atoms with Crippen molar-refractivity contribution in [3.63, 3.8) is 0 Å². The van der Waals surface area contributed by atoms with Crippen LogP contribution in [0.4, 0.5) is 5.69 Å². The summed E-state index contributed by atoms with van der Waals surface area (Å²) >= 11 is 18.9. The second-order valence-electron chi connectivity index (χ2n) is 8.28. The number of hydrogen-bond donors (Lipinski definition) is 0. The minimum Gasteiger partial charge on any atom is -0.481 e. The molecule has 0 radical (unpaired) electrons. The Labute approximate surface area is 244 Å². The van der Waals surface area contributed by atoms with Gasteiger partial charge in [0.15, 0.2) is 0 Å². The Kier molecular flexibility index (Phi) is 9.19. The van der Waals surface area contributed by atoms with Gasteiger partial charge in [0, 0.05) is 42.6 Å². The molecule has 4 rings (SSSR count). The third-order valence-corrected chi connectivity index (χ3v) is 7.13. The zero-order valence-electron chi connectivity index (χ0n) is 20.0. The molecule has 1 aromatic heterocycles. The molecule has 0 spiro atoms. The highest BCUT2D eigenvalue weighted by atomic mass is 79.9. The van der Waals surface area contributed by atoms with Crippen molar-refractivity contribution in [1.29, 1.82) is 0 Å². The molecule has 0 amide bonds. The predicted octanol–water partition coefficient (Wildman–Crippen LogP) is 7.94. The Balaban J connectivity index is 1.81. The van der Waals surface area contributed by atoms with Crippen molar-refractivity contribution in [2.45, 2.75) is 32.8 Å². The quantitative estimate of drug-likeness (QED) is 0.101. The minimum absolute atomic E-state index is 0.0207. The van der Waals surface area contributed by atoms with Crippen LogP contribution < -0.4 is 10.3 Å². The third kappa shape index (κ3) is 6.43. The van der Waals surface area contributed by atoms with Gasteiger partial charge in [0.25, 0.3) is 5.56 Å². The molecular formula is C26H20Br2Cl2N4O4. The van der Waals surface area contributed by atoms with Crippen molar-refractivity contribution in [3.05, 3.63) is 105 Å². The van der Waals surface area contributed by atoms with Gasteiger partial charge < -0.3 is 4.74 Å². The molecule has 38 heavy (non-hydrogen) atoms. The van der Waals surface area contributed by atoms with Crippen LogP contribution in [0, 0.1) is 10.1 Å². The summed E-state index contributed by atoms with van der Waals surface area (Å²) in [6, 6.07) is 13.1. The van der Waals surface area contributed by atoms with Crippen LogP contribution in [-0.2, 0) is 13.0 Å². The molecule has 0 saturated heterocycles. The number of aryl methyl sites for hydroxylation is 1. The highest BCUT2D eigenvalue weighted by molar-refractivity contribution is 9.10. The first kappa shape index (κ1) is 28.2. The summed E-state index contributed by atoms with van der Waals surface area (Å²) in [4.78, 5) is 29.4. The van der Waals surface area contributed by atoms with Crippen molar-refractivity contribution in [2.24, 2.45) is 5.10 Å². The number of halogens is 4. The zero-order valence-corrected chi connectivity index (χ0v) is 24.6. The molecule has 0 unspecified atom stereocenters. The molecule has 0 fully saturated rings. The van der Waals surface area contributed by atoms with E-state index < -0.39 is 4.92 Å². The van der Waals surface area contributed by atoms with Crippen LogP contribution in [-0.4, -0.2) is 20.8 Å². The van der Waals surface area contributed by atoms with E-state index in [1.165, 1.54) is 17.0 Å². The summed E-state index contributed by atoms with van der Waals surface area (Å²) in [5, 5.41) is 17.5. The topological polar surface area (TPSA) is 99.6 Å². The number of ether oxygens (including phenoxy) is 1. The molecule has 0 saturated carbocycles. The van der Waals surface area contributed by atoms with E-state index in [1.807, 2.05) is 13.0 Å². The van der Waals surface area contributed by atoms with E-state index in [0.717, 1.165) is 17.3 Å². The largest absolute Gasteiger partial charge is 0.481 e. The average Bonchev–Trinajstić information content (AvgIpc) is 2.87. The van der Waals surface area contributed by atoms with E-state index in [1.54, 1.807) is 36.4 Å². The van der Waals surface area contributed by atoms with Crippen LogP contribution in [0.1, 0.15) is 36.7 Å². The first-order valence-electron chi connectivity index (χ1n) is 11.5. The lowest BCUT2D eigenvalue weighted by molar-refractivity contribution is -0.386. The number of aromatic nitrogens is 2. The van der Waals surface area contributed by atoms with Crippen LogP contribution in [0.5, 0.6) is 5.75 Å². The first-order valence-corrected chi connectivity index (χ1v) is 13.8. The van der Waals surface area contributed by atoms with Crippen molar-refractivity contribution in [2.75, 3.05) is 0 Å². The standard InChI is InChI=1S/C26H20Br2Cl2N4O4/c1-2-3-4-24-32-22-8-6-17(27)10-20(22)26(35)33(24)31-13-16-9-18(28)11-23(34(36)37)25(16)38-14-15-5-7-19(29)12-21(15)30/h5-13H,2-4,14H2,1H3. The number of benzene rings is 3. The van der Waals surface area contributed by atoms with Gasteiger partial charge in [-0.2, -0.15) is 9.78 Å². The second kappa shape index (κ2) is 12.4. The lowest BCUT2D eigenvalue weighted by Crippen LogP contribution is -2.22. The van der Waals surface area contributed by atoms with Gasteiger partial charge >= 0.3 is 5.69 Å². The number of nitro groups is 1. The fourth-order valence-electron chi connectivity index (χ4n) is 3.71. The van der Waals surface area contributed by atoms with Crippen molar-refractivity contribution in [3.8, 4) is 5.75 Å². The number of nitrogens with zero attached hydrogens (tertiary/aromatic N) is 4. The van der Waals surface area contributed by atoms with Gasteiger partial charge in [0.2, 0.25) is 5.75 Å². The fourth-order valence-corrected chi connectivity index (χ4v) is 5.00. The molecule has 4 aromatic rings. The van der Waals surface area contributed by atoms with Crippen LogP contribution in [0.25, 0.3) is 10.9 Å². The number of nitro benzene ring substituents is 1. The normalized spacial score (nSPS) is 11.4. The molecule has 0 bridgehead atoms. The smallest absolute Gasteiger partial charge is 0.312 e. The van der Waals surface area contributed by atoms with Crippen molar-refractivity contribution in [1.82, 2.24) is 9.66 Å². The van der Waals surface area contributed by atoms with Crippen molar-refractivity contribution < 1.29 is 9.66 Å². The van der Waals surface area contributed by atoms with E-state index in [2.05, 4.69) is 41.9 Å². The molecule has 1 heterocycles. The number of unbranched alkanes of at least 4 members (excludes halogenated alkanes) is 1. The zero-order chi connectivity index (χ0) is 27.4. The van der Waals surface area contributed by atoms with E-state index >= 15 is 0 Å². The summed E-state index contributed by atoms with van der Waals surface area (Å²) in [6.07, 6.45) is 3.61. The molecular weight excluding hydrogens is 663 g/mol. The summed E-state index contributed by atoms with van der Waals surface area (Å²) in [5.74, 6) is 0.468. The molecule has 196 valence electrons. The second-order valence-corrected chi connectivity index (χ2v) is 11.0. The number of fused-ring (bicyclic) bond motifs is 1. The van der Waals surface area contributed by atoms with Crippen LogP contribution in [0.15, 0.2) is 67.4 Å². The fraction of sp³-hybridized carbons (Fsp3) is 0.192. The van der Waals surface area contributed by atoms with Gasteiger partial charge in [-0.1, -0.05) is 74.5 Å². The van der Waals surface area contributed by atoms with E-state index in [0.29, 0.717) is 48.8 Å². The molecule has 0 N–H and O–H groups in total. The first-order chi connectivity index (χ1) is 18.2. The molecule has 0 aliphatic carbocycles. The highest BCUT2D eigenvalue weighted by Gasteiger charge is 2.21. The van der Waals surface area contributed by atoms with Crippen LogP contribution in [0.3, 0.4) is 0 Å². The van der Waals surface area contributed by atoms with Gasteiger partial charge in [0.1, 0.15) is 12.4 Å². The third-order valence-electron chi connectivity index (χ3n) is 5.59.